The summed E-state index contributed by atoms with van der Waals surface area (Å²) >= 11 is 0. The van der Waals surface area contributed by atoms with Crippen LogP contribution in [0.25, 0.3) is 44.8 Å². The summed E-state index contributed by atoms with van der Waals surface area (Å²) in [7, 11) is 6.35. The lowest BCUT2D eigenvalue weighted by atomic mass is 10.0. The quantitative estimate of drug-likeness (QED) is 0.172. The zero-order valence-corrected chi connectivity index (χ0v) is 28.7. The van der Waals surface area contributed by atoms with E-state index in [1.807, 2.05) is 72.8 Å². The van der Waals surface area contributed by atoms with Crippen LogP contribution in [0, 0.1) is 0 Å². The standard InChI is InChI=1S/2C20H17NO5/c2*1-23-14-4-5-15(18(10-14)24-2)16-7-13(9-20(22)21-16)12-3-6-17-19(8-12)26-11-25-17/h2*3-10H,11H2,1-2H3,(H,21,22). The van der Waals surface area contributed by atoms with Crippen LogP contribution in [-0.4, -0.2) is 52.0 Å². The SMILES string of the molecule is COc1ccc(-c2cc(-c3ccc4c(c3)OCO4)cc(=O)[nH]2)c(OC)c1.COc1ccc(-c2cc(-c3ccc4c(c3)OCO4)cc(=O)[nH]2)c(OC)c1. The number of nitrogens with one attached hydrogen (secondary N) is 2. The zero-order chi connectivity index (χ0) is 36.2. The summed E-state index contributed by atoms with van der Waals surface area (Å²) in [4.78, 5) is 30.2. The molecule has 4 heterocycles. The lowest BCUT2D eigenvalue weighted by molar-refractivity contribution is 0.173. The second-order valence-electron chi connectivity index (χ2n) is 11.6. The summed E-state index contributed by atoms with van der Waals surface area (Å²) in [6.45, 7) is 0.422. The lowest BCUT2D eigenvalue weighted by Gasteiger charge is -2.12. The molecule has 0 saturated carbocycles. The Balaban J connectivity index is 0.000000162. The predicted molar refractivity (Wildman–Crippen MR) is 194 cm³/mol. The van der Waals surface area contributed by atoms with Crippen LogP contribution in [0.1, 0.15) is 0 Å². The number of hydrogen-bond donors (Lipinski definition) is 2. The molecule has 0 fully saturated rings. The van der Waals surface area contributed by atoms with Gasteiger partial charge < -0.3 is 47.9 Å². The van der Waals surface area contributed by atoms with Gasteiger partial charge in [0.05, 0.1) is 39.8 Å². The van der Waals surface area contributed by atoms with Crippen molar-refractivity contribution in [1.29, 1.82) is 0 Å². The molecule has 0 radical (unpaired) electrons. The maximum Gasteiger partial charge on any atom is 0.249 e. The van der Waals surface area contributed by atoms with Crippen molar-refractivity contribution in [1.82, 2.24) is 9.97 Å². The lowest BCUT2D eigenvalue weighted by Crippen LogP contribution is -2.06. The first-order valence-corrected chi connectivity index (χ1v) is 16.1. The first kappa shape index (κ1) is 33.7. The number of benzene rings is 4. The van der Waals surface area contributed by atoms with Gasteiger partial charge in [0.15, 0.2) is 23.0 Å². The number of aromatic nitrogens is 2. The highest BCUT2D eigenvalue weighted by Gasteiger charge is 2.17. The number of pyridine rings is 2. The van der Waals surface area contributed by atoms with Crippen molar-refractivity contribution in [3.63, 3.8) is 0 Å². The van der Waals surface area contributed by atoms with Crippen molar-refractivity contribution in [2.45, 2.75) is 0 Å². The Morgan fingerprint density at radius 2 is 0.865 bits per heavy atom. The van der Waals surface area contributed by atoms with E-state index in [4.69, 9.17) is 37.9 Å². The molecule has 52 heavy (non-hydrogen) atoms. The Kier molecular flexibility index (Phi) is 9.44. The molecule has 0 saturated heterocycles. The molecule has 6 aromatic rings. The van der Waals surface area contributed by atoms with E-state index < -0.39 is 0 Å². The highest BCUT2D eigenvalue weighted by atomic mass is 16.7. The van der Waals surface area contributed by atoms with Gasteiger partial charge in [-0.2, -0.15) is 0 Å². The van der Waals surface area contributed by atoms with Gasteiger partial charge in [0.25, 0.3) is 0 Å². The molecule has 2 aliphatic heterocycles. The van der Waals surface area contributed by atoms with Gasteiger partial charge >= 0.3 is 0 Å². The van der Waals surface area contributed by atoms with E-state index >= 15 is 0 Å². The van der Waals surface area contributed by atoms with Crippen LogP contribution in [0.2, 0.25) is 0 Å². The molecule has 2 aromatic heterocycles. The van der Waals surface area contributed by atoms with Crippen LogP contribution in [0.5, 0.6) is 46.0 Å². The molecule has 2 aliphatic rings. The summed E-state index contributed by atoms with van der Waals surface area (Å²) in [5.74, 6) is 5.34. The molecular weight excluding hydrogens is 668 g/mol. The van der Waals surface area contributed by atoms with E-state index in [0.717, 1.165) is 33.4 Å². The third-order valence-electron chi connectivity index (χ3n) is 8.50. The first-order chi connectivity index (χ1) is 25.3. The number of methoxy groups -OCH3 is 4. The molecule has 0 spiro atoms. The molecule has 264 valence electrons. The van der Waals surface area contributed by atoms with Gasteiger partial charge in [-0.05, 0) is 82.9 Å². The number of rotatable bonds is 8. The van der Waals surface area contributed by atoms with Gasteiger partial charge in [0.1, 0.15) is 23.0 Å². The maximum atomic E-state index is 12.2. The summed E-state index contributed by atoms with van der Waals surface area (Å²) in [6.07, 6.45) is 0. The van der Waals surface area contributed by atoms with E-state index in [1.54, 1.807) is 52.7 Å². The third-order valence-corrected chi connectivity index (χ3v) is 8.50. The van der Waals surface area contributed by atoms with Crippen LogP contribution >= 0.6 is 0 Å². The average molecular weight is 703 g/mol. The van der Waals surface area contributed by atoms with E-state index in [-0.39, 0.29) is 24.7 Å². The van der Waals surface area contributed by atoms with Gasteiger partial charge in [0, 0.05) is 35.4 Å². The smallest absolute Gasteiger partial charge is 0.249 e. The fraction of sp³-hybridized carbons (Fsp3) is 0.150. The van der Waals surface area contributed by atoms with E-state index in [0.29, 0.717) is 57.4 Å². The molecule has 2 N–H and O–H groups in total. The largest absolute Gasteiger partial charge is 0.497 e. The number of fused-ring (bicyclic) bond motifs is 2. The van der Waals surface area contributed by atoms with Crippen LogP contribution in [-0.2, 0) is 0 Å². The molecular formula is C40H34N2O10. The molecule has 0 bridgehead atoms. The summed E-state index contributed by atoms with van der Waals surface area (Å²) in [6, 6.07) is 29.0. The fourth-order valence-corrected chi connectivity index (χ4v) is 5.90. The Bertz CT molecular complexity index is 2220. The van der Waals surface area contributed by atoms with Crippen molar-refractivity contribution < 1.29 is 37.9 Å². The molecule has 12 nitrogen and oxygen atoms in total. The van der Waals surface area contributed by atoms with Crippen LogP contribution in [0.15, 0.2) is 107 Å². The minimum Gasteiger partial charge on any atom is -0.497 e. The zero-order valence-electron chi connectivity index (χ0n) is 28.7. The average Bonchev–Trinajstić information content (AvgIpc) is 3.86. The highest BCUT2D eigenvalue weighted by Crippen LogP contribution is 2.39. The Labute approximate surface area is 298 Å². The second kappa shape index (κ2) is 14.6. The van der Waals surface area contributed by atoms with Gasteiger partial charge in [-0.1, -0.05) is 12.1 Å². The fourth-order valence-electron chi connectivity index (χ4n) is 5.90. The monoisotopic (exact) mass is 702 g/mol. The predicted octanol–water partition coefficient (Wildman–Crippen LogP) is 6.91. The molecule has 12 heteroatoms. The number of aromatic amines is 2. The Hall–Kier alpha value is -6.82. The molecule has 0 aliphatic carbocycles. The normalized spacial score (nSPS) is 12.1. The van der Waals surface area contributed by atoms with Gasteiger partial charge in [0.2, 0.25) is 24.7 Å². The molecule has 0 unspecified atom stereocenters. The van der Waals surface area contributed by atoms with E-state index in [2.05, 4.69) is 9.97 Å². The van der Waals surface area contributed by atoms with Crippen LogP contribution < -0.4 is 49.0 Å². The van der Waals surface area contributed by atoms with Crippen LogP contribution in [0.3, 0.4) is 0 Å². The Morgan fingerprint density at radius 1 is 0.442 bits per heavy atom. The van der Waals surface area contributed by atoms with Gasteiger partial charge in [-0.25, -0.2) is 0 Å². The number of hydrogen-bond acceptors (Lipinski definition) is 10. The van der Waals surface area contributed by atoms with Crippen molar-refractivity contribution in [3.05, 3.63) is 118 Å². The van der Waals surface area contributed by atoms with Crippen molar-refractivity contribution in [3.8, 4) is 90.8 Å². The summed E-state index contributed by atoms with van der Waals surface area (Å²) < 4.78 is 42.9. The van der Waals surface area contributed by atoms with Crippen LogP contribution in [0.4, 0.5) is 0 Å². The third kappa shape index (κ3) is 6.94. The molecule has 0 atom stereocenters. The Morgan fingerprint density at radius 3 is 1.27 bits per heavy atom. The van der Waals surface area contributed by atoms with Gasteiger partial charge in [-0.15, -0.1) is 0 Å². The topological polar surface area (TPSA) is 140 Å². The first-order valence-electron chi connectivity index (χ1n) is 16.1. The minimum atomic E-state index is -0.201. The summed E-state index contributed by atoms with van der Waals surface area (Å²) in [5, 5.41) is 0. The second-order valence-corrected chi connectivity index (χ2v) is 11.6. The van der Waals surface area contributed by atoms with Crippen molar-refractivity contribution >= 4 is 0 Å². The molecule has 0 amide bonds. The maximum absolute atomic E-state index is 12.2. The minimum absolute atomic E-state index is 0.201. The number of H-pyrrole nitrogens is 2. The van der Waals surface area contributed by atoms with Crippen molar-refractivity contribution in [2.75, 3.05) is 42.0 Å². The van der Waals surface area contributed by atoms with E-state index in [9.17, 15) is 9.59 Å². The molecule has 4 aromatic carbocycles. The number of ether oxygens (including phenoxy) is 8. The summed E-state index contributed by atoms with van der Waals surface area (Å²) in [5.41, 5.74) is 5.75. The van der Waals surface area contributed by atoms with Gasteiger partial charge in [-0.3, -0.25) is 9.59 Å². The van der Waals surface area contributed by atoms with E-state index in [1.165, 1.54) is 0 Å². The molecule has 8 rings (SSSR count). The van der Waals surface area contributed by atoms with Crippen molar-refractivity contribution in [2.24, 2.45) is 0 Å². The highest BCUT2D eigenvalue weighted by molar-refractivity contribution is 5.77.